The second-order valence-corrected chi connectivity index (χ2v) is 10.5. The van der Waals surface area contributed by atoms with Crippen LogP contribution in [0.25, 0.3) is 22.2 Å². The van der Waals surface area contributed by atoms with Crippen LogP contribution in [0, 0.1) is 11.8 Å². The van der Waals surface area contributed by atoms with Gasteiger partial charge in [0.1, 0.15) is 0 Å². The molecule has 6 rings (SSSR count). The number of carbonyl (C=O) groups is 4. The van der Waals surface area contributed by atoms with Crippen molar-refractivity contribution in [3.05, 3.63) is 95.0 Å². The van der Waals surface area contributed by atoms with Crippen LogP contribution in [0.1, 0.15) is 46.4 Å². The van der Waals surface area contributed by atoms with Crippen molar-refractivity contribution in [1.29, 1.82) is 0 Å². The molecule has 200 valence electrons. The first kappa shape index (κ1) is 25.9. The topological polar surface area (TPSA) is 93.6 Å². The fraction of sp³-hybridized carbons (Fsp3) is 0.219. The lowest BCUT2D eigenvalue weighted by molar-refractivity contribution is -0.122. The van der Waals surface area contributed by atoms with E-state index in [1.54, 1.807) is 78.9 Å². The number of hydrogen-bond donors (Lipinski definition) is 0. The van der Waals surface area contributed by atoms with Crippen molar-refractivity contribution >= 4 is 51.8 Å². The SMILES string of the molecule is O=C(COC(=O)c1cc(-c2ccc(N3C(=O)C4CCCCC4C3=O)cc2)nc2c(Cl)cccc12)c1ccccc1. The van der Waals surface area contributed by atoms with Gasteiger partial charge in [-0.25, -0.2) is 9.78 Å². The lowest BCUT2D eigenvalue weighted by Crippen LogP contribution is -2.30. The van der Waals surface area contributed by atoms with Crippen molar-refractivity contribution in [3.63, 3.8) is 0 Å². The van der Waals surface area contributed by atoms with Gasteiger partial charge in [0.25, 0.3) is 0 Å². The quantitative estimate of drug-likeness (QED) is 0.159. The maximum Gasteiger partial charge on any atom is 0.339 e. The first-order valence-corrected chi connectivity index (χ1v) is 13.6. The number of rotatable bonds is 6. The minimum atomic E-state index is -0.673. The molecule has 0 radical (unpaired) electrons. The summed E-state index contributed by atoms with van der Waals surface area (Å²) in [7, 11) is 0. The maximum atomic E-state index is 13.2. The van der Waals surface area contributed by atoms with Crippen molar-refractivity contribution in [3.8, 4) is 11.3 Å². The van der Waals surface area contributed by atoms with Crippen molar-refractivity contribution in [1.82, 2.24) is 4.98 Å². The Morgan fingerprint density at radius 1 is 0.875 bits per heavy atom. The number of pyridine rings is 1. The monoisotopic (exact) mass is 552 g/mol. The van der Waals surface area contributed by atoms with E-state index in [1.807, 2.05) is 0 Å². The molecule has 1 saturated carbocycles. The minimum Gasteiger partial charge on any atom is -0.454 e. The lowest BCUT2D eigenvalue weighted by Gasteiger charge is -2.19. The molecule has 2 unspecified atom stereocenters. The number of aromatic nitrogens is 1. The van der Waals surface area contributed by atoms with Gasteiger partial charge in [-0.05, 0) is 37.1 Å². The average molecular weight is 553 g/mol. The molecule has 0 bridgehead atoms. The Morgan fingerprint density at radius 3 is 2.23 bits per heavy atom. The number of nitrogens with zero attached hydrogens (tertiary/aromatic N) is 2. The lowest BCUT2D eigenvalue weighted by atomic mass is 9.81. The zero-order chi connectivity index (χ0) is 27.8. The van der Waals surface area contributed by atoms with E-state index in [9.17, 15) is 19.2 Å². The molecule has 0 N–H and O–H groups in total. The highest BCUT2D eigenvalue weighted by atomic mass is 35.5. The number of para-hydroxylation sites is 1. The van der Waals surface area contributed by atoms with Gasteiger partial charge >= 0.3 is 5.97 Å². The van der Waals surface area contributed by atoms with Gasteiger partial charge in [-0.2, -0.15) is 0 Å². The van der Waals surface area contributed by atoms with Crippen LogP contribution < -0.4 is 4.90 Å². The summed E-state index contributed by atoms with van der Waals surface area (Å²) in [5.41, 5.74) is 2.74. The highest BCUT2D eigenvalue weighted by Crippen LogP contribution is 2.40. The molecule has 0 spiro atoms. The first-order valence-electron chi connectivity index (χ1n) is 13.3. The van der Waals surface area contributed by atoms with Crippen LogP contribution in [0.3, 0.4) is 0 Å². The molecule has 1 aliphatic carbocycles. The van der Waals surface area contributed by atoms with Crippen molar-refractivity contribution < 1.29 is 23.9 Å². The Kier molecular flexibility index (Phi) is 6.90. The van der Waals surface area contributed by atoms with Crippen LogP contribution in [-0.4, -0.2) is 35.2 Å². The van der Waals surface area contributed by atoms with E-state index in [2.05, 4.69) is 0 Å². The van der Waals surface area contributed by atoms with Gasteiger partial charge < -0.3 is 4.74 Å². The van der Waals surface area contributed by atoms with Gasteiger partial charge in [-0.15, -0.1) is 0 Å². The smallest absolute Gasteiger partial charge is 0.339 e. The van der Waals surface area contributed by atoms with Gasteiger partial charge in [0.2, 0.25) is 11.8 Å². The molecular formula is C32H25ClN2O5. The number of benzene rings is 3. The highest BCUT2D eigenvalue weighted by Gasteiger charge is 2.48. The van der Waals surface area contributed by atoms with E-state index in [1.165, 1.54) is 4.90 Å². The molecule has 8 heteroatoms. The zero-order valence-corrected chi connectivity index (χ0v) is 22.3. The second-order valence-electron chi connectivity index (χ2n) is 10.1. The van der Waals surface area contributed by atoms with Crippen molar-refractivity contribution in [2.45, 2.75) is 25.7 Å². The van der Waals surface area contributed by atoms with Gasteiger partial charge in [0.15, 0.2) is 12.4 Å². The molecule has 2 heterocycles. The molecule has 1 saturated heterocycles. The number of carbonyl (C=O) groups excluding carboxylic acids is 4. The molecule has 2 aliphatic rings. The zero-order valence-electron chi connectivity index (χ0n) is 21.5. The maximum absolute atomic E-state index is 13.2. The number of ketones is 1. The highest BCUT2D eigenvalue weighted by molar-refractivity contribution is 6.35. The van der Waals surface area contributed by atoms with E-state index < -0.39 is 12.6 Å². The number of halogens is 1. The van der Waals surface area contributed by atoms with Crippen LogP contribution in [0.15, 0.2) is 78.9 Å². The van der Waals surface area contributed by atoms with E-state index in [4.69, 9.17) is 21.3 Å². The van der Waals surface area contributed by atoms with Crippen LogP contribution >= 0.6 is 11.6 Å². The van der Waals surface area contributed by atoms with Crippen molar-refractivity contribution in [2.24, 2.45) is 11.8 Å². The Labute approximate surface area is 235 Å². The number of fused-ring (bicyclic) bond motifs is 2. The average Bonchev–Trinajstić information content (AvgIpc) is 3.25. The molecule has 1 aliphatic heterocycles. The normalized spacial score (nSPS) is 18.6. The Balaban J connectivity index is 1.30. The third-order valence-electron chi connectivity index (χ3n) is 7.70. The van der Waals surface area contributed by atoms with Gasteiger partial charge in [0.05, 0.1) is 39.3 Å². The standard InChI is InChI=1S/C32H25ClN2O5/c33-26-12-6-11-22-25(32(39)40-18-28(36)20-7-2-1-3-8-20)17-27(34-29(22)26)19-13-15-21(16-14-19)35-30(37)23-9-4-5-10-24(23)31(35)38/h1-3,6-8,11-17,23-24H,4-5,9-10,18H2. The molecule has 1 aromatic heterocycles. The van der Waals surface area contributed by atoms with Crippen LogP contribution in [0.2, 0.25) is 5.02 Å². The summed E-state index contributed by atoms with van der Waals surface area (Å²) in [4.78, 5) is 57.7. The molecule has 40 heavy (non-hydrogen) atoms. The molecule has 2 amide bonds. The van der Waals surface area contributed by atoms with Gasteiger partial charge in [0, 0.05) is 16.5 Å². The molecular weight excluding hydrogens is 528 g/mol. The number of hydrogen-bond acceptors (Lipinski definition) is 6. The summed E-state index contributed by atoms with van der Waals surface area (Å²) >= 11 is 6.45. The number of anilines is 1. The van der Waals surface area contributed by atoms with Crippen LogP contribution in [0.4, 0.5) is 5.69 Å². The largest absolute Gasteiger partial charge is 0.454 e. The van der Waals surface area contributed by atoms with Gasteiger partial charge in [-0.3, -0.25) is 19.3 Å². The molecule has 3 aromatic carbocycles. The fourth-order valence-electron chi connectivity index (χ4n) is 5.64. The third kappa shape index (κ3) is 4.67. The van der Waals surface area contributed by atoms with E-state index >= 15 is 0 Å². The second kappa shape index (κ2) is 10.7. The Hall–Kier alpha value is -4.36. The van der Waals surface area contributed by atoms with E-state index in [-0.39, 0.29) is 35.0 Å². The Morgan fingerprint density at radius 2 is 1.55 bits per heavy atom. The van der Waals surface area contributed by atoms with E-state index in [0.717, 1.165) is 25.7 Å². The summed E-state index contributed by atoms with van der Waals surface area (Å²) in [5, 5.41) is 0.863. The van der Waals surface area contributed by atoms with Gasteiger partial charge in [-0.1, -0.05) is 79.0 Å². The summed E-state index contributed by atoms with van der Waals surface area (Å²) < 4.78 is 5.40. The molecule has 2 atom stereocenters. The predicted octanol–water partition coefficient (Wildman–Crippen LogP) is 6.27. The molecule has 2 fully saturated rings. The number of ether oxygens (including phenoxy) is 1. The Bertz CT molecular complexity index is 1630. The number of Topliss-reactive ketones (excluding diaryl/α,β-unsaturated/α-hetero) is 1. The van der Waals surface area contributed by atoms with Crippen LogP contribution in [-0.2, 0) is 14.3 Å². The summed E-state index contributed by atoms with van der Waals surface area (Å²) in [6.45, 7) is -0.406. The summed E-state index contributed by atoms with van der Waals surface area (Å²) in [6, 6.07) is 22.3. The molecule has 7 nitrogen and oxygen atoms in total. The number of esters is 1. The molecule has 4 aromatic rings. The summed E-state index contributed by atoms with van der Waals surface area (Å²) in [5.74, 6) is -1.71. The third-order valence-corrected chi connectivity index (χ3v) is 8.01. The number of amides is 2. The first-order chi connectivity index (χ1) is 19.4. The fourth-order valence-corrected chi connectivity index (χ4v) is 5.86. The predicted molar refractivity (Wildman–Crippen MR) is 151 cm³/mol. The number of imide groups is 1. The van der Waals surface area contributed by atoms with Crippen LogP contribution in [0.5, 0.6) is 0 Å². The van der Waals surface area contributed by atoms with E-state index in [0.29, 0.717) is 38.4 Å². The summed E-state index contributed by atoms with van der Waals surface area (Å²) in [6.07, 6.45) is 3.44. The van der Waals surface area contributed by atoms with Crippen molar-refractivity contribution in [2.75, 3.05) is 11.5 Å². The minimum absolute atomic E-state index is 0.131.